The lowest BCUT2D eigenvalue weighted by Crippen LogP contribution is -2.12. The lowest BCUT2D eigenvalue weighted by molar-refractivity contribution is -0.143. The van der Waals surface area contributed by atoms with Crippen molar-refractivity contribution in [1.82, 2.24) is 0 Å². The highest BCUT2D eigenvalue weighted by Crippen LogP contribution is 2.32. The predicted molar refractivity (Wildman–Crippen MR) is 64.1 cm³/mol. The lowest BCUT2D eigenvalue weighted by Gasteiger charge is -2.12. The fourth-order valence-electron chi connectivity index (χ4n) is 1.76. The van der Waals surface area contributed by atoms with Crippen LogP contribution in [0.2, 0.25) is 0 Å². The summed E-state index contributed by atoms with van der Waals surface area (Å²) in [5.74, 6) is -0.424. The molecule has 0 aliphatic carbocycles. The molecular formula is C13H16F3NO2. The summed E-state index contributed by atoms with van der Waals surface area (Å²) in [6.07, 6.45) is -2.91. The number of alkyl halides is 3. The zero-order valence-electron chi connectivity index (χ0n) is 10.4. The molecule has 0 aliphatic rings. The average molecular weight is 275 g/mol. The standard InChI is InChI=1S/C13H16F3NO2/c14-13(15,16)11-7-3-1-5-10(11)6-2-4-8-12(18)19-9-17/h1,3,5,7H,2,4,6,8-9,17H2. The van der Waals surface area contributed by atoms with Crippen LogP contribution >= 0.6 is 0 Å². The molecule has 19 heavy (non-hydrogen) atoms. The highest BCUT2D eigenvalue weighted by molar-refractivity contribution is 5.69. The zero-order chi connectivity index (χ0) is 14.3. The number of halogens is 3. The third kappa shape index (κ3) is 5.30. The van der Waals surface area contributed by atoms with E-state index in [1.54, 1.807) is 6.07 Å². The molecule has 0 bridgehead atoms. The van der Waals surface area contributed by atoms with E-state index in [4.69, 9.17) is 5.73 Å². The van der Waals surface area contributed by atoms with Crippen molar-refractivity contribution in [3.63, 3.8) is 0 Å². The Kier molecular flexibility index (Phi) is 5.82. The number of aryl methyl sites for hydroxylation is 1. The Balaban J connectivity index is 2.48. The maximum absolute atomic E-state index is 12.7. The van der Waals surface area contributed by atoms with Crippen LogP contribution in [0.4, 0.5) is 13.2 Å². The molecule has 0 saturated carbocycles. The van der Waals surface area contributed by atoms with Gasteiger partial charge in [-0.25, -0.2) is 0 Å². The molecule has 0 radical (unpaired) electrons. The Morgan fingerprint density at radius 2 is 1.89 bits per heavy atom. The number of unbranched alkanes of at least 4 members (excludes halogenated alkanes) is 1. The first kappa shape index (κ1) is 15.5. The van der Waals surface area contributed by atoms with E-state index in [0.717, 1.165) is 6.07 Å². The van der Waals surface area contributed by atoms with Crippen molar-refractivity contribution in [2.75, 3.05) is 6.73 Å². The molecule has 0 aliphatic heterocycles. The first-order chi connectivity index (χ1) is 8.95. The van der Waals surface area contributed by atoms with Crippen LogP contribution in [0.15, 0.2) is 24.3 Å². The average Bonchev–Trinajstić information content (AvgIpc) is 2.34. The fourth-order valence-corrected chi connectivity index (χ4v) is 1.76. The van der Waals surface area contributed by atoms with Crippen LogP contribution in [0.1, 0.15) is 30.4 Å². The number of carbonyl (C=O) groups is 1. The second-order valence-corrected chi connectivity index (χ2v) is 4.05. The number of esters is 1. The number of ether oxygens (including phenoxy) is 1. The maximum atomic E-state index is 12.7. The van der Waals surface area contributed by atoms with Crippen molar-refractivity contribution in [3.05, 3.63) is 35.4 Å². The predicted octanol–water partition coefficient (Wildman–Crippen LogP) is 2.88. The molecular weight excluding hydrogens is 259 g/mol. The Morgan fingerprint density at radius 1 is 1.21 bits per heavy atom. The molecule has 0 unspecified atom stereocenters. The molecule has 2 N–H and O–H groups in total. The third-order valence-electron chi connectivity index (χ3n) is 2.64. The summed E-state index contributed by atoms with van der Waals surface area (Å²) >= 11 is 0. The minimum Gasteiger partial charge on any atom is -0.450 e. The van der Waals surface area contributed by atoms with Gasteiger partial charge < -0.3 is 4.74 Å². The van der Waals surface area contributed by atoms with Gasteiger partial charge in [0.15, 0.2) is 0 Å². The van der Waals surface area contributed by atoms with E-state index in [-0.39, 0.29) is 25.1 Å². The van der Waals surface area contributed by atoms with Crippen LogP contribution in [0.3, 0.4) is 0 Å². The van der Waals surface area contributed by atoms with Crippen LogP contribution < -0.4 is 5.73 Å². The Labute approximate surface area is 109 Å². The quantitative estimate of drug-likeness (QED) is 0.493. The molecule has 0 heterocycles. The monoisotopic (exact) mass is 275 g/mol. The van der Waals surface area contributed by atoms with Crippen molar-refractivity contribution in [3.8, 4) is 0 Å². The van der Waals surface area contributed by atoms with E-state index in [0.29, 0.717) is 12.8 Å². The molecule has 3 nitrogen and oxygen atoms in total. The van der Waals surface area contributed by atoms with E-state index >= 15 is 0 Å². The summed E-state index contributed by atoms with van der Waals surface area (Å²) in [6.45, 7) is -0.171. The van der Waals surface area contributed by atoms with Gasteiger partial charge in [-0.1, -0.05) is 18.2 Å². The molecule has 6 heteroatoms. The maximum Gasteiger partial charge on any atom is 0.416 e. The van der Waals surface area contributed by atoms with Gasteiger partial charge in [-0.15, -0.1) is 0 Å². The molecule has 0 fully saturated rings. The van der Waals surface area contributed by atoms with Gasteiger partial charge in [0.05, 0.1) is 5.56 Å². The van der Waals surface area contributed by atoms with Crippen molar-refractivity contribution in [2.45, 2.75) is 31.9 Å². The van der Waals surface area contributed by atoms with Crippen LogP contribution in [0.5, 0.6) is 0 Å². The Bertz CT molecular complexity index is 419. The molecule has 0 amide bonds. The van der Waals surface area contributed by atoms with Crippen molar-refractivity contribution in [1.29, 1.82) is 0 Å². The number of nitrogens with two attached hydrogens (primary N) is 1. The van der Waals surface area contributed by atoms with Gasteiger partial charge >= 0.3 is 12.1 Å². The van der Waals surface area contributed by atoms with Gasteiger partial charge in [0.2, 0.25) is 0 Å². The highest BCUT2D eigenvalue weighted by atomic mass is 19.4. The van der Waals surface area contributed by atoms with E-state index in [1.165, 1.54) is 12.1 Å². The molecule has 106 valence electrons. The largest absolute Gasteiger partial charge is 0.450 e. The lowest BCUT2D eigenvalue weighted by atomic mass is 10.0. The van der Waals surface area contributed by atoms with Gasteiger partial charge in [0.25, 0.3) is 0 Å². The topological polar surface area (TPSA) is 52.3 Å². The van der Waals surface area contributed by atoms with Crippen LogP contribution in [-0.4, -0.2) is 12.7 Å². The van der Waals surface area contributed by atoms with Gasteiger partial charge in [-0.3, -0.25) is 10.5 Å². The molecule has 0 aromatic heterocycles. The van der Waals surface area contributed by atoms with E-state index < -0.39 is 17.7 Å². The smallest absolute Gasteiger partial charge is 0.416 e. The van der Waals surface area contributed by atoms with Crippen molar-refractivity contribution < 1.29 is 22.7 Å². The van der Waals surface area contributed by atoms with Gasteiger partial charge in [0, 0.05) is 6.42 Å². The number of rotatable bonds is 6. The number of benzene rings is 1. The van der Waals surface area contributed by atoms with Crippen molar-refractivity contribution >= 4 is 5.97 Å². The summed E-state index contributed by atoms with van der Waals surface area (Å²) in [6, 6.07) is 5.47. The van der Waals surface area contributed by atoms with Gasteiger partial charge in [-0.05, 0) is 30.9 Å². The second kappa shape index (κ2) is 7.13. The van der Waals surface area contributed by atoms with E-state index in [1.807, 2.05) is 0 Å². The number of hydrogen-bond acceptors (Lipinski definition) is 3. The SMILES string of the molecule is NCOC(=O)CCCCc1ccccc1C(F)(F)F. The molecule has 0 saturated heterocycles. The third-order valence-corrected chi connectivity index (χ3v) is 2.64. The molecule has 1 aromatic carbocycles. The molecule has 1 rings (SSSR count). The Morgan fingerprint density at radius 3 is 2.53 bits per heavy atom. The first-order valence-corrected chi connectivity index (χ1v) is 5.96. The summed E-state index contributed by atoms with van der Waals surface area (Å²) < 4.78 is 42.6. The number of hydrogen-bond donors (Lipinski definition) is 1. The normalized spacial score (nSPS) is 11.4. The summed E-state index contributed by atoms with van der Waals surface area (Å²) in [5, 5.41) is 0. The number of carbonyl (C=O) groups excluding carboxylic acids is 1. The minimum absolute atomic E-state index is 0.171. The Hall–Kier alpha value is -1.56. The van der Waals surface area contributed by atoms with Crippen LogP contribution in [0, 0.1) is 0 Å². The van der Waals surface area contributed by atoms with Crippen LogP contribution in [-0.2, 0) is 22.1 Å². The van der Waals surface area contributed by atoms with Gasteiger partial charge in [0.1, 0.15) is 6.73 Å². The molecule has 0 atom stereocenters. The fraction of sp³-hybridized carbons (Fsp3) is 0.462. The van der Waals surface area contributed by atoms with Gasteiger partial charge in [-0.2, -0.15) is 13.2 Å². The summed E-state index contributed by atoms with van der Waals surface area (Å²) in [7, 11) is 0. The zero-order valence-corrected chi connectivity index (χ0v) is 10.4. The van der Waals surface area contributed by atoms with Crippen LogP contribution in [0.25, 0.3) is 0 Å². The van der Waals surface area contributed by atoms with E-state index in [2.05, 4.69) is 4.74 Å². The summed E-state index contributed by atoms with van der Waals surface area (Å²) in [4.78, 5) is 11.0. The van der Waals surface area contributed by atoms with E-state index in [9.17, 15) is 18.0 Å². The minimum atomic E-state index is -4.34. The second-order valence-electron chi connectivity index (χ2n) is 4.05. The molecule has 0 spiro atoms. The summed E-state index contributed by atoms with van der Waals surface area (Å²) in [5.41, 5.74) is 4.66. The first-order valence-electron chi connectivity index (χ1n) is 5.96. The highest BCUT2D eigenvalue weighted by Gasteiger charge is 2.32. The van der Waals surface area contributed by atoms with Crippen molar-refractivity contribution in [2.24, 2.45) is 5.73 Å². The molecule has 1 aromatic rings.